The summed E-state index contributed by atoms with van der Waals surface area (Å²) in [7, 11) is 0. The van der Waals surface area contributed by atoms with E-state index in [1.54, 1.807) is 24.3 Å². The third-order valence-electron chi connectivity index (χ3n) is 6.70. The van der Waals surface area contributed by atoms with Gasteiger partial charge in [-0.1, -0.05) is 90.9 Å². The molecule has 0 aromatic heterocycles. The quantitative estimate of drug-likeness (QED) is 0.0881. The molecule has 0 aliphatic rings. The molecule has 0 aliphatic carbocycles. The molecule has 2 rings (SSSR count). The van der Waals surface area contributed by atoms with E-state index in [1.807, 2.05) is 24.3 Å². The van der Waals surface area contributed by atoms with Crippen LogP contribution in [0.3, 0.4) is 0 Å². The van der Waals surface area contributed by atoms with Crippen molar-refractivity contribution in [3.8, 4) is 11.5 Å². The fourth-order valence-electron chi connectivity index (χ4n) is 4.27. The number of unbranched alkanes of at least 4 members (excludes halogenated alkanes) is 12. The summed E-state index contributed by atoms with van der Waals surface area (Å²) in [4.78, 5) is 25.0. The van der Waals surface area contributed by atoms with Crippen LogP contribution < -0.4 is 9.47 Å². The van der Waals surface area contributed by atoms with Crippen LogP contribution in [0.4, 0.5) is 0 Å². The van der Waals surface area contributed by atoms with E-state index < -0.39 is 0 Å². The SMILES string of the molecule is CCCCCCCCCOc1ccc(C(=O)/C=C/C(=O)c2ccc(OCCCCCCCCC)cc2)cc1. The highest BCUT2D eigenvalue weighted by Crippen LogP contribution is 2.16. The molecule has 4 heteroatoms. The first kappa shape index (κ1) is 31.3. The molecule has 0 saturated carbocycles. The van der Waals surface area contributed by atoms with Crippen LogP contribution in [-0.2, 0) is 0 Å². The Hall–Kier alpha value is -2.88. The lowest BCUT2D eigenvalue weighted by atomic mass is 10.1. The van der Waals surface area contributed by atoms with Crippen molar-refractivity contribution in [3.63, 3.8) is 0 Å². The van der Waals surface area contributed by atoms with Gasteiger partial charge in [0.15, 0.2) is 11.6 Å². The van der Waals surface area contributed by atoms with Gasteiger partial charge in [-0.3, -0.25) is 9.59 Å². The molecule has 2 aromatic carbocycles. The van der Waals surface area contributed by atoms with E-state index in [1.165, 1.54) is 89.2 Å². The molecule has 0 heterocycles. The van der Waals surface area contributed by atoms with Gasteiger partial charge in [-0.05, 0) is 73.5 Å². The Morgan fingerprint density at radius 1 is 0.500 bits per heavy atom. The van der Waals surface area contributed by atoms with Gasteiger partial charge in [0.05, 0.1) is 13.2 Å². The van der Waals surface area contributed by atoms with Gasteiger partial charge < -0.3 is 9.47 Å². The molecule has 208 valence electrons. The van der Waals surface area contributed by atoms with Crippen molar-refractivity contribution in [1.29, 1.82) is 0 Å². The number of carbonyl (C=O) groups is 2. The number of hydrogen-bond acceptors (Lipinski definition) is 4. The van der Waals surface area contributed by atoms with Crippen LogP contribution in [0.1, 0.15) is 124 Å². The summed E-state index contributed by atoms with van der Waals surface area (Å²) in [5.74, 6) is 1.13. The van der Waals surface area contributed by atoms with Crippen molar-refractivity contribution < 1.29 is 19.1 Å². The highest BCUT2D eigenvalue weighted by molar-refractivity contribution is 6.11. The second-order valence-corrected chi connectivity index (χ2v) is 10.1. The van der Waals surface area contributed by atoms with Gasteiger partial charge in [-0.25, -0.2) is 0 Å². The van der Waals surface area contributed by atoms with E-state index in [0.29, 0.717) is 24.3 Å². The molecule has 2 aromatic rings. The van der Waals surface area contributed by atoms with Gasteiger partial charge in [0.1, 0.15) is 11.5 Å². The molecule has 0 aliphatic heterocycles. The van der Waals surface area contributed by atoms with Crippen molar-refractivity contribution in [2.75, 3.05) is 13.2 Å². The molecule has 4 nitrogen and oxygen atoms in total. The zero-order valence-electron chi connectivity index (χ0n) is 23.7. The zero-order chi connectivity index (χ0) is 27.3. The molecule has 0 bridgehead atoms. The second-order valence-electron chi connectivity index (χ2n) is 10.1. The Bertz CT molecular complexity index is 850. The number of benzene rings is 2. The molecule has 0 saturated heterocycles. The van der Waals surface area contributed by atoms with E-state index in [2.05, 4.69) is 13.8 Å². The summed E-state index contributed by atoms with van der Waals surface area (Å²) < 4.78 is 11.6. The molecule has 0 amide bonds. The summed E-state index contributed by atoms with van der Waals surface area (Å²) in [6, 6.07) is 14.2. The number of carbonyl (C=O) groups excluding carboxylic acids is 2. The largest absolute Gasteiger partial charge is 0.494 e. The van der Waals surface area contributed by atoms with Gasteiger partial charge in [-0.15, -0.1) is 0 Å². The summed E-state index contributed by atoms with van der Waals surface area (Å²) in [6.45, 7) is 5.85. The van der Waals surface area contributed by atoms with Crippen LogP contribution in [0.5, 0.6) is 11.5 Å². The van der Waals surface area contributed by atoms with Gasteiger partial charge in [0.2, 0.25) is 0 Å². The van der Waals surface area contributed by atoms with Crippen molar-refractivity contribution in [2.45, 2.75) is 104 Å². The van der Waals surface area contributed by atoms with E-state index >= 15 is 0 Å². The van der Waals surface area contributed by atoms with Gasteiger partial charge in [0, 0.05) is 11.1 Å². The molecule has 0 radical (unpaired) electrons. The fourth-order valence-corrected chi connectivity index (χ4v) is 4.27. The van der Waals surface area contributed by atoms with Crippen LogP contribution in [0.2, 0.25) is 0 Å². The molecule has 0 N–H and O–H groups in total. The van der Waals surface area contributed by atoms with Gasteiger partial charge >= 0.3 is 0 Å². The monoisotopic (exact) mass is 520 g/mol. The molecule has 38 heavy (non-hydrogen) atoms. The number of rotatable bonds is 22. The van der Waals surface area contributed by atoms with Crippen molar-refractivity contribution in [3.05, 3.63) is 71.8 Å². The lowest BCUT2D eigenvalue weighted by Gasteiger charge is -2.07. The third kappa shape index (κ3) is 13.6. The Balaban J connectivity index is 1.66. The third-order valence-corrected chi connectivity index (χ3v) is 6.70. The Labute approximate surface area is 230 Å². The summed E-state index contributed by atoms with van der Waals surface area (Å²) in [5, 5.41) is 0. The lowest BCUT2D eigenvalue weighted by Crippen LogP contribution is -2.01. The second kappa shape index (κ2) is 20.1. The topological polar surface area (TPSA) is 52.6 Å². The molecule has 0 atom stereocenters. The Kier molecular flexibility index (Phi) is 16.6. The summed E-state index contributed by atoms with van der Waals surface area (Å²) in [6.07, 6.45) is 20.1. The smallest absolute Gasteiger partial charge is 0.185 e. The minimum atomic E-state index is -0.202. The molecule has 0 spiro atoms. The van der Waals surface area contributed by atoms with E-state index in [4.69, 9.17) is 9.47 Å². The van der Waals surface area contributed by atoms with E-state index in [-0.39, 0.29) is 11.6 Å². The number of ketones is 2. The average Bonchev–Trinajstić information content (AvgIpc) is 2.95. The summed E-state index contributed by atoms with van der Waals surface area (Å²) >= 11 is 0. The number of allylic oxidation sites excluding steroid dienone is 2. The van der Waals surface area contributed by atoms with E-state index in [9.17, 15) is 9.59 Å². The predicted octanol–water partition coefficient (Wildman–Crippen LogP) is 9.57. The van der Waals surface area contributed by atoms with Crippen molar-refractivity contribution in [2.24, 2.45) is 0 Å². The Morgan fingerprint density at radius 2 is 0.816 bits per heavy atom. The first-order chi connectivity index (χ1) is 18.6. The normalized spacial score (nSPS) is 11.1. The van der Waals surface area contributed by atoms with Crippen LogP contribution in [0.15, 0.2) is 60.7 Å². The first-order valence-corrected chi connectivity index (χ1v) is 14.9. The van der Waals surface area contributed by atoms with Crippen molar-refractivity contribution in [1.82, 2.24) is 0 Å². The maximum Gasteiger partial charge on any atom is 0.185 e. The van der Waals surface area contributed by atoms with Crippen molar-refractivity contribution >= 4 is 11.6 Å². The minimum Gasteiger partial charge on any atom is -0.494 e. The van der Waals surface area contributed by atoms with E-state index in [0.717, 1.165) is 24.3 Å². The first-order valence-electron chi connectivity index (χ1n) is 14.9. The van der Waals surface area contributed by atoms with Gasteiger partial charge in [0.25, 0.3) is 0 Å². The lowest BCUT2D eigenvalue weighted by molar-refractivity contribution is 0.102. The number of ether oxygens (including phenoxy) is 2. The highest BCUT2D eigenvalue weighted by atomic mass is 16.5. The highest BCUT2D eigenvalue weighted by Gasteiger charge is 2.06. The maximum absolute atomic E-state index is 12.5. The molecule has 0 unspecified atom stereocenters. The fraction of sp³-hybridized carbons (Fsp3) is 0.529. The van der Waals surface area contributed by atoms with Crippen LogP contribution in [0.25, 0.3) is 0 Å². The molecule has 0 fully saturated rings. The summed E-state index contributed by atoms with van der Waals surface area (Å²) in [5.41, 5.74) is 1.07. The predicted molar refractivity (Wildman–Crippen MR) is 158 cm³/mol. The Morgan fingerprint density at radius 3 is 1.16 bits per heavy atom. The van der Waals surface area contributed by atoms with Gasteiger partial charge in [-0.2, -0.15) is 0 Å². The maximum atomic E-state index is 12.5. The zero-order valence-corrected chi connectivity index (χ0v) is 23.7. The average molecular weight is 521 g/mol. The van der Waals surface area contributed by atoms with Crippen LogP contribution >= 0.6 is 0 Å². The molecular weight excluding hydrogens is 472 g/mol. The number of hydrogen-bond donors (Lipinski definition) is 0. The molecular formula is C34H48O4. The van der Waals surface area contributed by atoms with Crippen LogP contribution in [-0.4, -0.2) is 24.8 Å². The standard InChI is InChI=1S/C34H48O4/c1-3-5-7-9-11-13-15-27-37-31-21-17-29(18-22-31)33(35)25-26-34(36)30-19-23-32(24-20-30)38-28-16-14-12-10-8-6-4-2/h17-26H,3-16,27-28H2,1-2H3/b26-25+. The van der Waals surface area contributed by atoms with Crippen LogP contribution in [0, 0.1) is 0 Å². The minimum absolute atomic E-state index is 0.202.